The smallest absolute Gasteiger partial charge is 0.257 e. The number of aromatic nitrogens is 2. The lowest BCUT2D eigenvalue weighted by molar-refractivity contribution is 0.0767. The minimum absolute atomic E-state index is 0.104. The van der Waals surface area contributed by atoms with Gasteiger partial charge in [-0.2, -0.15) is 0 Å². The molecule has 1 aromatic heterocycles. The number of rotatable bonds is 5. The minimum atomic E-state index is 0.104. The van der Waals surface area contributed by atoms with Crippen molar-refractivity contribution in [1.29, 1.82) is 0 Å². The summed E-state index contributed by atoms with van der Waals surface area (Å²) >= 11 is 0. The maximum absolute atomic E-state index is 13.1. The molecule has 2 aliphatic heterocycles. The first-order chi connectivity index (χ1) is 13.9. The van der Waals surface area contributed by atoms with Gasteiger partial charge in [0.15, 0.2) is 0 Å². The molecule has 0 radical (unpaired) electrons. The maximum atomic E-state index is 13.1. The molecule has 1 amide bonds. The number of hydrogen-bond donors (Lipinski definition) is 0. The molecule has 1 aromatic carbocycles. The van der Waals surface area contributed by atoms with Gasteiger partial charge in [0.1, 0.15) is 6.33 Å². The van der Waals surface area contributed by atoms with Gasteiger partial charge in [0.2, 0.25) is 0 Å². The Labute approximate surface area is 174 Å². The number of nitrogens with zero attached hydrogens (tertiary/aromatic N) is 4. The van der Waals surface area contributed by atoms with Crippen LogP contribution in [-0.2, 0) is 0 Å². The van der Waals surface area contributed by atoms with Crippen molar-refractivity contribution in [3.63, 3.8) is 0 Å². The lowest BCUT2D eigenvalue weighted by Crippen LogP contribution is -2.37. The number of fused-ring (bicyclic) bond motifs is 1. The summed E-state index contributed by atoms with van der Waals surface area (Å²) in [5, 5.41) is 0. The molecule has 2 fully saturated rings. The zero-order valence-corrected chi connectivity index (χ0v) is 18.0. The van der Waals surface area contributed by atoms with Crippen molar-refractivity contribution in [3.8, 4) is 0 Å². The summed E-state index contributed by atoms with van der Waals surface area (Å²) in [6.45, 7) is 12.4. The summed E-state index contributed by atoms with van der Waals surface area (Å²) < 4.78 is 0. The highest BCUT2D eigenvalue weighted by Crippen LogP contribution is 2.35. The monoisotopic (exact) mass is 392 g/mol. The third kappa shape index (κ3) is 4.06. The first-order valence-corrected chi connectivity index (χ1v) is 10.8. The van der Waals surface area contributed by atoms with Gasteiger partial charge >= 0.3 is 0 Å². The molecule has 2 saturated heterocycles. The van der Waals surface area contributed by atoms with Crippen molar-refractivity contribution in [1.82, 2.24) is 19.8 Å². The van der Waals surface area contributed by atoms with Gasteiger partial charge in [-0.15, -0.1) is 0 Å². The molecule has 29 heavy (non-hydrogen) atoms. The molecule has 0 spiro atoms. The predicted molar refractivity (Wildman–Crippen MR) is 115 cm³/mol. The van der Waals surface area contributed by atoms with Gasteiger partial charge in [0.25, 0.3) is 5.91 Å². The van der Waals surface area contributed by atoms with Crippen LogP contribution in [0.25, 0.3) is 0 Å². The van der Waals surface area contributed by atoms with Gasteiger partial charge in [-0.05, 0) is 50.5 Å². The second kappa shape index (κ2) is 8.23. The summed E-state index contributed by atoms with van der Waals surface area (Å²) in [6.07, 6.45) is 2.71. The fourth-order valence-electron chi connectivity index (χ4n) is 5.19. The van der Waals surface area contributed by atoms with Gasteiger partial charge in [0.05, 0.1) is 17.0 Å². The second-order valence-corrected chi connectivity index (χ2v) is 9.00. The summed E-state index contributed by atoms with van der Waals surface area (Å²) in [6, 6.07) is 11.4. The maximum Gasteiger partial charge on any atom is 0.257 e. The number of carbonyl (C=O) groups is 1. The third-order valence-corrected chi connectivity index (χ3v) is 6.93. The van der Waals surface area contributed by atoms with Gasteiger partial charge in [-0.25, -0.2) is 9.97 Å². The van der Waals surface area contributed by atoms with E-state index in [9.17, 15) is 4.79 Å². The van der Waals surface area contributed by atoms with Gasteiger partial charge in [0, 0.05) is 32.2 Å². The Morgan fingerprint density at radius 3 is 2.17 bits per heavy atom. The van der Waals surface area contributed by atoms with Crippen molar-refractivity contribution >= 4 is 5.91 Å². The van der Waals surface area contributed by atoms with E-state index in [0.29, 0.717) is 29.4 Å². The predicted octanol–water partition coefficient (Wildman–Crippen LogP) is 3.68. The van der Waals surface area contributed by atoms with E-state index in [1.807, 2.05) is 18.7 Å². The number of benzene rings is 1. The van der Waals surface area contributed by atoms with Crippen LogP contribution in [0.3, 0.4) is 0 Å². The van der Waals surface area contributed by atoms with Crippen molar-refractivity contribution in [3.05, 3.63) is 59.2 Å². The average molecular weight is 393 g/mol. The Morgan fingerprint density at radius 2 is 1.59 bits per heavy atom. The highest BCUT2D eigenvalue weighted by molar-refractivity contribution is 5.96. The second-order valence-electron chi connectivity index (χ2n) is 9.00. The molecule has 0 aliphatic carbocycles. The largest absolute Gasteiger partial charge is 0.338 e. The van der Waals surface area contributed by atoms with E-state index >= 15 is 0 Å². The van der Waals surface area contributed by atoms with Gasteiger partial charge < -0.3 is 4.90 Å². The first kappa shape index (κ1) is 20.0. The normalized spacial score (nSPS) is 23.8. The van der Waals surface area contributed by atoms with E-state index in [0.717, 1.165) is 37.6 Å². The Bertz CT molecular complexity index is 834. The molecular weight excluding hydrogens is 360 g/mol. The Kier molecular flexibility index (Phi) is 5.68. The number of likely N-dealkylation sites (tertiary alicyclic amines) is 2. The van der Waals surface area contributed by atoms with Crippen LogP contribution >= 0.6 is 0 Å². The molecule has 2 aromatic rings. The zero-order valence-electron chi connectivity index (χ0n) is 18.0. The molecule has 5 heteroatoms. The van der Waals surface area contributed by atoms with Crippen LogP contribution in [0, 0.1) is 25.7 Å². The first-order valence-electron chi connectivity index (χ1n) is 10.8. The number of carbonyl (C=O) groups excluding carboxylic acids is 1. The molecule has 3 heterocycles. The van der Waals surface area contributed by atoms with Crippen molar-refractivity contribution in [2.45, 2.75) is 46.1 Å². The molecule has 154 valence electrons. The van der Waals surface area contributed by atoms with Crippen LogP contribution in [-0.4, -0.2) is 57.9 Å². The lowest BCUT2D eigenvalue weighted by Gasteiger charge is -2.29. The quantitative estimate of drug-likeness (QED) is 0.779. The minimum Gasteiger partial charge on any atom is -0.338 e. The molecule has 0 bridgehead atoms. The zero-order chi connectivity index (χ0) is 20.5. The van der Waals surface area contributed by atoms with Crippen LogP contribution in [0.2, 0.25) is 0 Å². The van der Waals surface area contributed by atoms with E-state index < -0.39 is 0 Å². The number of hydrogen-bond acceptors (Lipinski definition) is 4. The van der Waals surface area contributed by atoms with E-state index in [1.165, 1.54) is 18.3 Å². The number of amides is 1. The molecule has 0 N–H and O–H groups in total. The Hall–Kier alpha value is -2.27. The molecule has 2 aliphatic rings. The van der Waals surface area contributed by atoms with Crippen LogP contribution in [0.5, 0.6) is 0 Å². The Morgan fingerprint density at radius 1 is 1.00 bits per heavy atom. The molecule has 5 nitrogen and oxygen atoms in total. The van der Waals surface area contributed by atoms with Crippen LogP contribution in [0.4, 0.5) is 0 Å². The van der Waals surface area contributed by atoms with Crippen molar-refractivity contribution in [2.24, 2.45) is 11.8 Å². The van der Waals surface area contributed by atoms with Gasteiger partial charge in [-0.3, -0.25) is 9.69 Å². The van der Waals surface area contributed by atoms with Crippen LogP contribution < -0.4 is 0 Å². The summed E-state index contributed by atoms with van der Waals surface area (Å²) in [4.78, 5) is 26.2. The SMILES string of the molecule is Cc1ncnc(C)c1C(=O)N1CC2CN(C(C)CC(C)c3ccccc3)CC2C1. The lowest BCUT2D eigenvalue weighted by atomic mass is 9.94. The van der Waals surface area contributed by atoms with Gasteiger partial charge in [-0.1, -0.05) is 37.3 Å². The fraction of sp³-hybridized carbons (Fsp3) is 0.542. The van der Waals surface area contributed by atoms with Crippen LogP contribution in [0.15, 0.2) is 36.7 Å². The summed E-state index contributed by atoms with van der Waals surface area (Å²) in [5.41, 5.74) is 3.68. The average Bonchev–Trinajstić information content (AvgIpc) is 3.28. The highest BCUT2D eigenvalue weighted by atomic mass is 16.2. The number of aryl methyl sites for hydroxylation is 2. The summed E-state index contributed by atoms with van der Waals surface area (Å²) in [5.74, 6) is 1.83. The summed E-state index contributed by atoms with van der Waals surface area (Å²) in [7, 11) is 0. The van der Waals surface area contributed by atoms with E-state index in [1.54, 1.807) is 0 Å². The fourth-order valence-corrected chi connectivity index (χ4v) is 5.19. The Balaban J connectivity index is 1.34. The van der Waals surface area contributed by atoms with Crippen LogP contribution in [0.1, 0.15) is 53.5 Å². The van der Waals surface area contributed by atoms with Crippen molar-refractivity contribution < 1.29 is 4.79 Å². The standard InChI is InChI=1S/C24H32N4O/c1-16(20-8-6-5-7-9-20)10-17(2)27-11-21-13-28(14-22(21)12-27)24(29)23-18(3)25-15-26-19(23)4/h5-9,15-17,21-22H,10-14H2,1-4H3. The highest BCUT2D eigenvalue weighted by Gasteiger charge is 2.43. The van der Waals surface area contributed by atoms with E-state index in [2.05, 4.69) is 59.0 Å². The topological polar surface area (TPSA) is 49.3 Å². The molecule has 0 saturated carbocycles. The molecule has 4 rings (SSSR count). The van der Waals surface area contributed by atoms with E-state index in [4.69, 9.17) is 0 Å². The molecule has 4 atom stereocenters. The van der Waals surface area contributed by atoms with E-state index in [-0.39, 0.29) is 5.91 Å². The third-order valence-electron chi connectivity index (χ3n) is 6.93. The van der Waals surface area contributed by atoms with Crippen molar-refractivity contribution in [2.75, 3.05) is 26.2 Å². The molecule has 4 unspecified atom stereocenters. The molecular formula is C24H32N4O.